The SMILES string of the molecule is C/C=C(\C=C(\c1ccc(NCc2ccccc2F)cc1)N(C)CC)C(F)(F)F. The molecule has 1 N–H and O–H groups in total. The number of rotatable bonds is 7. The fourth-order valence-corrected chi connectivity index (χ4v) is 2.66. The number of allylic oxidation sites excluding steroid dienone is 3. The smallest absolute Gasteiger partial charge is 0.381 e. The molecule has 0 aliphatic heterocycles. The van der Waals surface area contributed by atoms with Gasteiger partial charge in [-0.2, -0.15) is 13.2 Å². The molecule has 0 saturated heterocycles. The van der Waals surface area contributed by atoms with Gasteiger partial charge in [-0.25, -0.2) is 4.39 Å². The van der Waals surface area contributed by atoms with Crippen LogP contribution in [0.3, 0.4) is 0 Å². The van der Waals surface area contributed by atoms with Crippen LogP contribution in [0.25, 0.3) is 5.70 Å². The second-order valence-corrected chi connectivity index (χ2v) is 6.31. The van der Waals surface area contributed by atoms with Crippen molar-refractivity contribution in [2.45, 2.75) is 26.6 Å². The van der Waals surface area contributed by atoms with Crippen molar-refractivity contribution in [1.82, 2.24) is 4.90 Å². The van der Waals surface area contributed by atoms with E-state index in [9.17, 15) is 17.6 Å². The zero-order valence-corrected chi connectivity index (χ0v) is 16.1. The van der Waals surface area contributed by atoms with E-state index in [4.69, 9.17) is 0 Å². The van der Waals surface area contributed by atoms with Crippen LogP contribution in [0.1, 0.15) is 25.0 Å². The van der Waals surface area contributed by atoms with Crippen molar-refractivity contribution < 1.29 is 17.6 Å². The van der Waals surface area contributed by atoms with Gasteiger partial charge in [0.05, 0.1) is 5.57 Å². The third kappa shape index (κ3) is 5.62. The summed E-state index contributed by atoms with van der Waals surface area (Å²) in [5.74, 6) is -0.285. The Morgan fingerprint density at radius 1 is 1.07 bits per heavy atom. The lowest BCUT2D eigenvalue weighted by atomic mass is 10.1. The lowest BCUT2D eigenvalue weighted by Crippen LogP contribution is -2.18. The van der Waals surface area contributed by atoms with Crippen LogP contribution in [0.4, 0.5) is 23.2 Å². The quantitative estimate of drug-likeness (QED) is 0.443. The van der Waals surface area contributed by atoms with Gasteiger partial charge in [-0.05, 0) is 43.7 Å². The van der Waals surface area contributed by atoms with Gasteiger partial charge < -0.3 is 10.2 Å². The van der Waals surface area contributed by atoms with Crippen molar-refractivity contribution in [3.05, 3.63) is 83.2 Å². The number of nitrogens with one attached hydrogen (secondary N) is 1. The van der Waals surface area contributed by atoms with Gasteiger partial charge in [0.15, 0.2) is 0 Å². The van der Waals surface area contributed by atoms with Crippen LogP contribution in [0.2, 0.25) is 0 Å². The van der Waals surface area contributed by atoms with Crippen molar-refractivity contribution in [2.75, 3.05) is 18.9 Å². The van der Waals surface area contributed by atoms with E-state index in [2.05, 4.69) is 5.32 Å². The van der Waals surface area contributed by atoms with Gasteiger partial charge in [0, 0.05) is 37.1 Å². The average Bonchev–Trinajstić information content (AvgIpc) is 2.67. The number of benzene rings is 2. The summed E-state index contributed by atoms with van der Waals surface area (Å²) in [6.07, 6.45) is -2.19. The van der Waals surface area contributed by atoms with Crippen molar-refractivity contribution in [1.29, 1.82) is 0 Å². The highest BCUT2D eigenvalue weighted by molar-refractivity contribution is 5.68. The first-order valence-corrected chi connectivity index (χ1v) is 9.00. The number of alkyl halides is 3. The molecule has 0 atom stereocenters. The lowest BCUT2D eigenvalue weighted by molar-refractivity contribution is -0.0883. The summed E-state index contributed by atoms with van der Waals surface area (Å²) in [6, 6.07) is 13.6. The Hall–Kier alpha value is -2.76. The molecule has 0 amide bonds. The molecule has 28 heavy (non-hydrogen) atoms. The van der Waals surface area contributed by atoms with Crippen LogP contribution in [0.15, 0.2) is 66.3 Å². The Balaban J connectivity index is 2.23. The molecule has 0 heterocycles. The van der Waals surface area contributed by atoms with Crippen LogP contribution < -0.4 is 5.32 Å². The largest absolute Gasteiger partial charge is 0.416 e. The Bertz CT molecular complexity index is 836. The molecule has 0 aliphatic rings. The molecule has 0 bridgehead atoms. The molecule has 0 aromatic heterocycles. The standard InChI is InChI=1S/C22H24F4N2/c1-4-18(22(24,25)26)14-21(28(3)5-2)16-10-12-19(13-11-16)27-15-17-8-6-7-9-20(17)23/h4,6-14,27H,5,15H2,1-3H3/b18-4+,21-14-. The van der Waals surface area contributed by atoms with E-state index in [-0.39, 0.29) is 5.82 Å². The van der Waals surface area contributed by atoms with Crippen LogP contribution in [0.5, 0.6) is 0 Å². The number of hydrogen-bond acceptors (Lipinski definition) is 2. The maximum atomic E-state index is 13.7. The second-order valence-electron chi connectivity index (χ2n) is 6.31. The minimum atomic E-state index is -4.41. The van der Waals surface area contributed by atoms with Crippen LogP contribution in [0, 0.1) is 5.82 Å². The van der Waals surface area contributed by atoms with E-state index in [1.807, 2.05) is 6.92 Å². The molecular weight excluding hydrogens is 368 g/mol. The summed E-state index contributed by atoms with van der Waals surface area (Å²) < 4.78 is 53.1. The topological polar surface area (TPSA) is 15.3 Å². The van der Waals surface area contributed by atoms with Gasteiger partial charge in [0.1, 0.15) is 5.82 Å². The minimum absolute atomic E-state index is 0.285. The molecule has 0 spiro atoms. The predicted octanol–water partition coefficient (Wildman–Crippen LogP) is 6.24. The molecule has 0 aliphatic carbocycles. The maximum Gasteiger partial charge on any atom is 0.416 e. The molecular formula is C22H24F4N2. The Labute approximate surface area is 163 Å². The first-order chi connectivity index (χ1) is 13.3. The maximum absolute atomic E-state index is 13.7. The monoisotopic (exact) mass is 392 g/mol. The van der Waals surface area contributed by atoms with E-state index >= 15 is 0 Å². The summed E-state index contributed by atoms with van der Waals surface area (Å²) in [7, 11) is 1.75. The average molecular weight is 392 g/mol. The van der Waals surface area contributed by atoms with E-state index < -0.39 is 11.7 Å². The first-order valence-electron chi connectivity index (χ1n) is 9.00. The van der Waals surface area contributed by atoms with Crippen LogP contribution in [-0.4, -0.2) is 24.7 Å². The van der Waals surface area contributed by atoms with E-state index in [0.29, 0.717) is 29.9 Å². The first kappa shape index (κ1) is 21.5. The molecule has 0 fully saturated rings. The van der Waals surface area contributed by atoms with Gasteiger partial charge in [0.25, 0.3) is 0 Å². The Morgan fingerprint density at radius 3 is 2.25 bits per heavy atom. The van der Waals surface area contributed by atoms with Crippen molar-refractivity contribution in [3.63, 3.8) is 0 Å². The lowest BCUT2D eigenvalue weighted by Gasteiger charge is -2.23. The number of nitrogens with zero attached hydrogens (tertiary/aromatic N) is 1. The van der Waals surface area contributed by atoms with Gasteiger partial charge in [-0.15, -0.1) is 0 Å². The van der Waals surface area contributed by atoms with Gasteiger partial charge >= 0.3 is 6.18 Å². The molecule has 2 rings (SSSR count). The van der Waals surface area contributed by atoms with E-state index in [1.165, 1.54) is 13.0 Å². The summed E-state index contributed by atoms with van der Waals surface area (Å²) in [5, 5.41) is 3.12. The second kappa shape index (κ2) is 9.44. The third-order valence-corrected chi connectivity index (χ3v) is 4.44. The van der Waals surface area contributed by atoms with Gasteiger partial charge in [-0.3, -0.25) is 0 Å². The molecule has 2 aromatic carbocycles. The Kier molecular flexibility index (Phi) is 7.26. The third-order valence-electron chi connectivity index (χ3n) is 4.44. The number of halogens is 4. The zero-order chi connectivity index (χ0) is 20.7. The Morgan fingerprint density at radius 2 is 1.71 bits per heavy atom. The van der Waals surface area contributed by atoms with Crippen LogP contribution in [-0.2, 0) is 6.54 Å². The molecule has 0 saturated carbocycles. The van der Waals surface area contributed by atoms with Gasteiger partial charge in [-0.1, -0.05) is 36.4 Å². The normalized spacial score (nSPS) is 12.8. The van der Waals surface area contributed by atoms with Gasteiger partial charge in [0.2, 0.25) is 0 Å². The molecule has 2 aromatic rings. The number of anilines is 1. The predicted molar refractivity (Wildman–Crippen MR) is 106 cm³/mol. The summed E-state index contributed by atoms with van der Waals surface area (Å²) in [4.78, 5) is 1.76. The zero-order valence-electron chi connectivity index (χ0n) is 16.1. The summed E-state index contributed by atoms with van der Waals surface area (Å²) in [5.41, 5.74) is 1.76. The molecule has 0 unspecified atom stereocenters. The fourth-order valence-electron chi connectivity index (χ4n) is 2.66. The molecule has 0 radical (unpaired) electrons. The van der Waals surface area contributed by atoms with Crippen molar-refractivity contribution in [3.8, 4) is 0 Å². The molecule has 150 valence electrons. The minimum Gasteiger partial charge on any atom is -0.381 e. The molecule has 6 heteroatoms. The number of hydrogen-bond donors (Lipinski definition) is 1. The highest BCUT2D eigenvalue weighted by Gasteiger charge is 2.32. The van der Waals surface area contributed by atoms with Crippen LogP contribution >= 0.6 is 0 Å². The highest BCUT2D eigenvalue weighted by atomic mass is 19.4. The summed E-state index contributed by atoms with van der Waals surface area (Å²) in [6.45, 7) is 4.13. The van der Waals surface area contributed by atoms with Crippen molar-refractivity contribution in [2.24, 2.45) is 0 Å². The van der Waals surface area contributed by atoms with E-state index in [1.54, 1.807) is 54.4 Å². The summed E-state index contributed by atoms with van der Waals surface area (Å²) >= 11 is 0. The highest BCUT2D eigenvalue weighted by Crippen LogP contribution is 2.30. The van der Waals surface area contributed by atoms with E-state index in [0.717, 1.165) is 17.8 Å². The fraction of sp³-hybridized carbons (Fsp3) is 0.273. The molecule has 2 nitrogen and oxygen atoms in total. The van der Waals surface area contributed by atoms with Crippen molar-refractivity contribution >= 4 is 11.4 Å².